The van der Waals surface area contributed by atoms with Gasteiger partial charge in [-0.05, 0) is 46.6 Å². The minimum Gasteiger partial charge on any atom is -0.370 e. The van der Waals surface area contributed by atoms with E-state index >= 15 is 0 Å². The standard InChI is InChI=1S/C15H27N5/c1-5-16-14-8-15(19-12(4)18-14)17-9-13-6-7-20(10-13)11(2)3/h8,11,13H,5-7,9-10H2,1-4H3,(H2,16,17,18,19). The molecule has 2 N–H and O–H groups in total. The Hall–Kier alpha value is -1.36. The molecule has 1 aromatic heterocycles. The normalized spacial score (nSPS) is 19.6. The van der Waals surface area contributed by atoms with Gasteiger partial charge in [-0.1, -0.05) is 0 Å². The average molecular weight is 277 g/mol. The van der Waals surface area contributed by atoms with Gasteiger partial charge in [0.05, 0.1) is 0 Å². The van der Waals surface area contributed by atoms with Gasteiger partial charge in [0.15, 0.2) is 0 Å². The maximum absolute atomic E-state index is 4.46. The minimum atomic E-state index is 0.654. The third kappa shape index (κ3) is 4.07. The van der Waals surface area contributed by atoms with Gasteiger partial charge in [0, 0.05) is 31.7 Å². The first kappa shape index (κ1) is 15.0. The number of hydrogen-bond acceptors (Lipinski definition) is 5. The highest BCUT2D eigenvalue weighted by molar-refractivity contribution is 5.47. The van der Waals surface area contributed by atoms with Gasteiger partial charge in [0.2, 0.25) is 0 Å². The maximum atomic E-state index is 4.46. The van der Waals surface area contributed by atoms with Crippen LogP contribution in [0.4, 0.5) is 11.6 Å². The topological polar surface area (TPSA) is 53.1 Å². The van der Waals surface area contributed by atoms with Crippen LogP contribution >= 0.6 is 0 Å². The summed E-state index contributed by atoms with van der Waals surface area (Å²) in [6.45, 7) is 12.8. The van der Waals surface area contributed by atoms with Crippen LogP contribution < -0.4 is 10.6 Å². The molecule has 1 atom stereocenters. The molecule has 0 bridgehead atoms. The molecule has 0 saturated carbocycles. The van der Waals surface area contributed by atoms with Crippen LogP contribution in [0.5, 0.6) is 0 Å². The van der Waals surface area contributed by atoms with Crippen molar-refractivity contribution >= 4 is 11.6 Å². The third-order valence-electron chi connectivity index (χ3n) is 3.82. The lowest BCUT2D eigenvalue weighted by Gasteiger charge is -2.20. The second kappa shape index (κ2) is 6.88. The predicted molar refractivity (Wildman–Crippen MR) is 84.2 cm³/mol. The van der Waals surface area contributed by atoms with Gasteiger partial charge in [-0.3, -0.25) is 0 Å². The largest absolute Gasteiger partial charge is 0.370 e. The second-order valence-electron chi connectivity index (χ2n) is 5.84. The minimum absolute atomic E-state index is 0.654. The van der Waals surface area contributed by atoms with E-state index in [0.717, 1.165) is 36.5 Å². The molecule has 0 aromatic carbocycles. The van der Waals surface area contributed by atoms with Crippen LogP contribution in [-0.2, 0) is 0 Å². The van der Waals surface area contributed by atoms with Crippen molar-refractivity contribution in [2.45, 2.75) is 40.2 Å². The van der Waals surface area contributed by atoms with Gasteiger partial charge in [-0.2, -0.15) is 0 Å². The Balaban J connectivity index is 1.88. The monoisotopic (exact) mass is 277 g/mol. The van der Waals surface area contributed by atoms with E-state index in [0.29, 0.717) is 6.04 Å². The van der Waals surface area contributed by atoms with Crippen LogP contribution in [-0.4, -0.2) is 47.1 Å². The van der Waals surface area contributed by atoms with E-state index in [-0.39, 0.29) is 0 Å². The second-order valence-corrected chi connectivity index (χ2v) is 5.84. The van der Waals surface area contributed by atoms with Crippen molar-refractivity contribution in [2.24, 2.45) is 5.92 Å². The molecule has 1 unspecified atom stereocenters. The molecule has 2 rings (SSSR count). The van der Waals surface area contributed by atoms with Gasteiger partial charge in [-0.25, -0.2) is 9.97 Å². The summed E-state index contributed by atoms with van der Waals surface area (Å²) in [5.74, 6) is 3.35. The van der Waals surface area contributed by atoms with Crippen molar-refractivity contribution < 1.29 is 0 Å². The molecule has 112 valence electrons. The smallest absolute Gasteiger partial charge is 0.131 e. The quantitative estimate of drug-likeness (QED) is 0.836. The van der Waals surface area contributed by atoms with Crippen molar-refractivity contribution in [3.05, 3.63) is 11.9 Å². The molecule has 1 saturated heterocycles. The molecule has 1 aromatic rings. The summed E-state index contributed by atoms with van der Waals surface area (Å²) < 4.78 is 0. The van der Waals surface area contributed by atoms with Gasteiger partial charge in [0.25, 0.3) is 0 Å². The SMILES string of the molecule is CCNc1cc(NCC2CCN(C(C)C)C2)nc(C)n1. The number of nitrogens with one attached hydrogen (secondary N) is 2. The fourth-order valence-electron chi connectivity index (χ4n) is 2.68. The van der Waals surface area contributed by atoms with E-state index in [2.05, 4.69) is 46.3 Å². The zero-order chi connectivity index (χ0) is 14.5. The Labute approximate surface area is 122 Å². The van der Waals surface area contributed by atoms with Crippen molar-refractivity contribution in [1.82, 2.24) is 14.9 Å². The number of hydrogen-bond donors (Lipinski definition) is 2. The first-order chi connectivity index (χ1) is 9.58. The fraction of sp³-hybridized carbons (Fsp3) is 0.733. The number of anilines is 2. The highest BCUT2D eigenvalue weighted by Crippen LogP contribution is 2.19. The van der Waals surface area contributed by atoms with E-state index in [1.54, 1.807) is 0 Å². The molecule has 0 aliphatic carbocycles. The van der Waals surface area contributed by atoms with Crippen LogP contribution in [0.15, 0.2) is 6.07 Å². The van der Waals surface area contributed by atoms with Crippen LogP contribution in [0, 0.1) is 12.8 Å². The van der Waals surface area contributed by atoms with Gasteiger partial charge < -0.3 is 15.5 Å². The number of aromatic nitrogens is 2. The van der Waals surface area contributed by atoms with E-state index in [4.69, 9.17) is 0 Å². The molecule has 2 heterocycles. The summed E-state index contributed by atoms with van der Waals surface area (Å²) >= 11 is 0. The van der Waals surface area contributed by atoms with E-state index in [9.17, 15) is 0 Å². The molecule has 0 spiro atoms. The molecule has 1 aliphatic rings. The zero-order valence-corrected chi connectivity index (χ0v) is 13.1. The molecule has 5 heteroatoms. The van der Waals surface area contributed by atoms with Gasteiger partial charge >= 0.3 is 0 Å². The lowest BCUT2D eigenvalue weighted by Crippen LogP contribution is -2.29. The highest BCUT2D eigenvalue weighted by atomic mass is 15.2. The van der Waals surface area contributed by atoms with Crippen molar-refractivity contribution in [1.29, 1.82) is 0 Å². The van der Waals surface area contributed by atoms with Crippen LogP contribution in [0.2, 0.25) is 0 Å². The molecule has 1 fully saturated rings. The first-order valence-corrected chi connectivity index (χ1v) is 7.66. The van der Waals surface area contributed by atoms with Crippen LogP contribution in [0.25, 0.3) is 0 Å². The summed E-state index contributed by atoms with van der Waals surface area (Å²) in [6.07, 6.45) is 1.27. The molecule has 1 aliphatic heterocycles. The predicted octanol–water partition coefficient (Wildman–Crippen LogP) is 2.36. The Bertz CT molecular complexity index is 432. The van der Waals surface area contributed by atoms with E-state index in [1.807, 2.05) is 13.0 Å². The first-order valence-electron chi connectivity index (χ1n) is 7.66. The number of aryl methyl sites for hydroxylation is 1. The number of nitrogens with zero attached hydrogens (tertiary/aromatic N) is 3. The number of likely N-dealkylation sites (tertiary alicyclic amines) is 1. The van der Waals surface area contributed by atoms with E-state index < -0.39 is 0 Å². The van der Waals surface area contributed by atoms with Gasteiger partial charge in [0.1, 0.15) is 17.5 Å². The average Bonchev–Trinajstić information content (AvgIpc) is 2.85. The van der Waals surface area contributed by atoms with E-state index in [1.165, 1.54) is 19.5 Å². The maximum Gasteiger partial charge on any atom is 0.131 e. The highest BCUT2D eigenvalue weighted by Gasteiger charge is 2.23. The summed E-state index contributed by atoms with van der Waals surface area (Å²) in [6, 6.07) is 2.65. The summed E-state index contributed by atoms with van der Waals surface area (Å²) in [5, 5.41) is 6.71. The van der Waals surface area contributed by atoms with Crippen molar-refractivity contribution in [2.75, 3.05) is 36.8 Å². The third-order valence-corrected chi connectivity index (χ3v) is 3.82. The molecule has 0 radical (unpaired) electrons. The number of rotatable bonds is 6. The molecule has 0 amide bonds. The van der Waals surface area contributed by atoms with Gasteiger partial charge in [-0.15, -0.1) is 0 Å². The molecular weight excluding hydrogens is 250 g/mol. The summed E-state index contributed by atoms with van der Waals surface area (Å²) in [4.78, 5) is 11.4. The molecule has 5 nitrogen and oxygen atoms in total. The Morgan fingerprint density at radius 2 is 2.00 bits per heavy atom. The lowest BCUT2D eigenvalue weighted by molar-refractivity contribution is 0.266. The van der Waals surface area contributed by atoms with Crippen LogP contribution in [0.3, 0.4) is 0 Å². The Kier molecular flexibility index (Phi) is 5.17. The van der Waals surface area contributed by atoms with Crippen LogP contribution in [0.1, 0.15) is 33.0 Å². The molecular formula is C15H27N5. The fourth-order valence-corrected chi connectivity index (χ4v) is 2.68. The zero-order valence-electron chi connectivity index (χ0n) is 13.1. The molecule has 20 heavy (non-hydrogen) atoms. The Morgan fingerprint density at radius 1 is 1.30 bits per heavy atom. The lowest BCUT2D eigenvalue weighted by atomic mass is 10.1. The Morgan fingerprint density at radius 3 is 2.60 bits per heavy atom. The summed E-state index contributed by atoms with van der Waals surface area (Å²) in [7, 11) is 0. The summed E-state index contributed by atoms with van der Waals surface area (Å²) in [5.41, 5.74) is 0. The van der Waals surface area contributed by atoms with Crippen molar-refractivity contribution in [3.63, 3.8) is 0 Å². The van der Waals surface area contributed by atoms with Crippen molar-refractivity contribution in [3.8, 4) is 0 Å².